The monoisotopic (exact) mass is 343 g/mol. The van der Waals surface area contributed by atoms with Gasteiger partial charge in [0.15, 0.2) is 5.11 Å². The van der Waals surface area contributed by atoms with Crippen molar-refractivity contribution in [1.82, 2.24) is 5.43 Å². The number of thiocarbonyl (C=S) groups is 1. The van der Waals surface area contributed by atoms with Crippen LogP contribution in [0.15, 0.2) is 51.8 Å². The number of hydrogen-bond acceptors (Lipinski definition) is 4. The van der Waals surface area contributed by atoms with Crippen LogP contribution in [0.3, 0.4) is 0 Å². The first-order valence-corrected chi connectivity index (χ1v) is 7.98. The Hall–Kier alpha value is -1.51. The Morgan fingerprint density at radius 1 is 1.29 bits per heavy atom. The largest absolute Gasteiger partial charge is 0.331 e. The number of hydrogen-bond donors (Lipinski definition) is 2. The molecule has 0 aliphatic carbocycles. The van der Waals surface area contributed by atoms with Gasteiger partial charge in [-0.2, -0.15) is 13.9 Å². The first kappa shape index (κ1) is 15.9. The molecular weight excluding hydrogens is 332 g/mol. The number of halogens is 2. The fourth-order valence-corrected chi connectivity index (χ4v) is 2.65. The third-order valence-electron chi connectivity index (χ3n) is 2.24. The predicted molar refractivity (Wildman–Crippen MR) is 89.6 cm³/mol. The fourth-order valence-electron chi connectivity index (χ4n) is 1.40. The highest BCUT2D eigenvalue weighted by molar-refractivity contribution is 7.99. The summed E-state index contributed by atoms with van der Waals surface area (Å²) in [4.78, 5) is 1.52. The van der Waals surface area contributed by atoms with Crippen LogP contribution in [-0.4, -0.2) is 17.1 Å². The van der Waals surface area contributed by atoms with E-state index in [0.717, 1.165) is 4.88 Å². The molecule has 0 unspecified atom stereocenters. The molecule has 0 saturated heterocycles. The maximum absolute atomic E-state index is 12.2. The van der Waals surface area contributed by atoms with Gasteiger partial charge in [-0.05, 0) is 47.9 Å². The molecule has 8 heteroatoms. The zero-order valence-electron chi connectivity index (χ0n) is 10.6. The number of anilines is 1. The van der Waals surface area contributed by atoms with E-state index in [1.807, 2.05) is 17.5 Å². The van der Waals surface area contributed by atoms with Gasteiger partial charge in [0.25, 0.3) is 5.76 Å². The maximum Gasteiger partial charge on any atom is 0.288 e. The molecule has 0 radical (unpaired) electrons. The average Bonchev–Trinajstić information content (AvgIpc) is 2.93. The molecule has 0 atom stereocenters. The lowest BCUT2D eigenvalue weighted by Crippen LogP contribution is -2.23. The van der Waals surface area contributed by atoms with Crippen LogP contribution in [0.4, 0.5) is 14.5 Å². The summed E-state index contributed by atoms with van der Waals surface area (Å²) in [5.74, 6) is -2.42. The van der Waals surface area contributed by atoms with E-state index < -0.39 is 5.76 Å². The van der Waals surface area contributed by atoms with Crippen LogP contribution in [0.25, 0.3) is 0 Å². The molecule has 3 nitrogen and oxygen atoms in total. The second-order valence-corrected chi connectivity index (χ2v) is 6.19. The third-order valence-corrected chi connectivity index (χ3v) is 3.96. The summed E-state index contributed by atoms with van der Waals surface area (Å²) in [7, 11) is 0. The summed E-state index contributed by atoms with van der Waals surface area (Å²) in [5.41, 5.74) is 3.39. The molecule has 110 valence electrons. The number of thiophene rings is 1. The number of alkyl halides is 2. The van der Waals surface area contributed by atoms with Crippen LogP contribution in [0.2, 0.25) is 0 Å². The van der Waals surface area contributed by atoms with Crippen molar-refractivity contribution in [3.05, 3.63) is 46.7 Å². The van der Waals surface area contributed by atoms with E-state index in [4.69, 9.17) is 12.2 Å². The van der Waals surface area contributed by atoms with E-state index in [2.05, 4.69) is 15.8 Å². The molecule has 0 aliphatic rings. The number of benzene rings is 1. The lowest BCUT2D eigenvalue weighted by molar-refractivity contribution is 0.252. The van der Waals surface area contributed by atoms with Crippen molar-refractivity contribution < 1.29 is 8.78 Å². The molecule has 2 N–H and O–H groups in total. The van der Waals surface area contributed by atoms with Gasteiger partial charge in [-0.15, -0.1) is 11.3 Å². The normalized spacial score (nSPS) is 11.0. The first-order valence-electron chi connectivity index (χ1n) is 5.82. The standard InChI is InChI=1S/C13H11F2N3S3/c14-12(15)21-10-5-3-9(4-6-10)17-13(19)18-16-8-11-2-1-7-20-11/h1-8,12H,(H2,17,18,19)/b16-8-. The molecule has 0 aliphatic heterocycles. The zero-order chi connectivity index (χ0) is 15.1. The van der Waals surface area contributed by atoms with Gasteiger partial charge in [0, 0.05) is 15.5 Å². The molecule has 1 aromatic carbocycles. The number of nitrogens with one attached hydrogen (secondary N) is 2. The number of hydrazone groups is 1. The molecule has 2 rings (SSSR count). The van der Waals surface area contributed by atoms with Crippen molar-refractivity contribution in [3.8, 4) is 0 Å². The first-order chi connectivity index (χ1) is 10.1. The highest BCUT2D eigenvalue weighted by Gasteiger charge is 2.04. The molecule has 2 aromatic rings. The summed E-state index contributed by atoms with van der Waals surface area (Å²) in [6.07, 6.45) is 1.67. The van der Waals surface area contributed by atoms with Crippen LogP contribution in [0, 0.1) is 0 Å². The average molecular weight is 343 g/mol. The summed E-state index contributed by atoms with van der Waals surface area (Å²) in [6, 6.07) is 10.4. The van der Waals surface area contributed by atoms with Crippen LogP contribution >= 0.6 is 35.3 Å². The van der Waals surface area contributed by atoms with E-state index >= 15 is 0 Å². The van der Waals surface area contributed by atoms with Gasteiger partial charge in [0.1, 0.15) is 0 Å². The lowest BCUT2D eigenvalue weighted by Gasteiger charge is -2.07. The maximum atomic E-state index is 12.2. The van der Waals surface area contributed by atoms with Crippen LogP contribution in [-0.2, 0) is 0 Å². The van der Waals surface area contributed by atoms with Gasteiger partial charge in [0.05, 0.1) is 6.21 Å². The molecule has 0 bridgehead atoms. The van der Waals surface area contributed by atoms with Crippen LogP contribution in [0.1, 0.15) is 4.88 Å². The molecule has 0 amide bonds. The molecule has 0 saturated carbocycles. The van der Waals surface area contributed by atoms with Crippen molar-refractivity contribution in [1.29, 1.82) is 0 Å². The third kappa shape index (κ3) is 5.78. The smallest absolute Gasteiger partial charge is 0.288 e. The van der Waals surface area contributed by atoms with Gasteiger partial charge in [-0.1, -0.05) is 17.8 Å². The summed E-state index contributed by atoms with van der Waals surface area (Å²) in [5, 5.41) is 9.20. The Bertz CT molecular complexity index is 598. The van der Waals surface area contributed by atoms with Crippen molar-refractivity contribution >= 4 is 52.3 Å². The van der Waals surface area contributed by atoms with Crippen molar-refractivity contribution in [2.45, 2.75) is 10.7 Å². The summed E-state index contributed by atoms with van der Waals surface area (Å²) in [6.45, 7) is 0. The van der Waals surface area contributed by atoms with Crippen molar-refractivity contribution in [2.75, 3.05) is 5.32 Å². The minimum atomic E-state index is -2.42. The fraction of sp³-hybridized carbons (Fsp3) is 0.0769. The SMILES string of the molecule is FC(F)Sc1ccc(NC(=S)N/N=C\c2cccs2)cc1. The van der Waals surface area contributed by atoms with Crippen LogP contribution < -0.4 is 10.7 Å². The minimum Gasteiger partial charge on any atom is -0.331 e. The Kier molecular flexibility index (Phi) is 6.09. The molecule has 0 fully saturated rings. The van der Waals surface area contributed by atoms with Gasteiger partial charge in [-0.25, -0.2) is 0 Å². The molecule has 21 heavy (non-hydrogen) atoms. The Labute approximate surface area is 134 Å². The van der Waals surface area contributed by atoms with Gasteiger partial charge in [0.2, 0.25) is 0 Å². The second-order valence-electron chi connectivity index (χ2n) is 3.74. The highest BCUT2D eigenvalue weighted by atomic mass is 32.2. The molecule has 1 aromatic heterocycles. The van der Waals surface area contributed by atoms with Crippen molar-refractivity contribution in [2.24, 2.45) is 5.10 Å². The topological polar surface area (TPSA) is 36.4 Å². The number of thioether (sulfide) groups is 1. The quantitative estimate of drug-likeness (QED) is 0.365. The van der Waals surface area contributed by atoms with E-state index in [9.17, 15) is 8.78 Å². The zero-order valence-corrected chi connectivity index (χ0v) is 13.1. The summed E-state index contributed by atoms with van der Waals surface area (Å²) < 4.78 is 24.4. The second kappa shape index (κ2) is 8.06. The van der Waals surface area contributed by atoms with Gasteiger partial charge < -0.3 is 5.32 Å². The molecule has 1 heterocycles. The van der Waals surface area contributed by atoms with E-state index in [-0.39, 0.29) is 0 Å². The molecular formula is C13H11F2N3S3. The lowest BCUT2D eigenvalue weighted by atomic mass is 10.3. The molecule has 0 spiro atoms. The van der Waals surface area contributed by atoms with Gasteiger partial charge in [-0.3, -0.25) is 5.43 Å². The van der Waals surface area contributed by atoms with Crippen LogP contribution in [0.5, 0.6) is 0 Å². The van der Waals surface area contributed by atoms with E-state index in [0.29, 0.717) is 27.5 Å². The number of rotatable bonds is 5. The Balaban J connectivity index is 1.82. The summed E-state index contributed by atoms with van der Waals surface area (Å²) >= 11 is 7.15. The number of nitrogens with zero attached hydrogens (tertiary/aromatic N) is 1. The Morgan fingerprint density at radius 2 is 2.05 bits per heavy atom. The highest BCUT2D eigenvalue weighted by Crippen LogP contribution is 2.26. The Morgan fingerprint density at radius 3 is 2.67 bits per heavy atom. The predicted octanol–water partition coefficient (Wildman–Crippen LogP) is 4.38. The van der Waals surface area contributed by atoms with Crippen molar-refractivity contribution in [3.63, 3.8) is 0 Å². The van der Waals surface area contributed by atoms with Gasteiger partial charge >= 0.3 is 0 Å². The van der Waals surface area contributed by atoms with E-state index in [1.165, 1.54) is 0 Å². The van der Waals surface area contributed by atoms with E-state index in [1.54, 1.807) is 41.8 Å². The minimum absolute atomic E-state index is 0.331.